The molecule has 3 heterocycles. The summed E-state index contributed by atoms with van der Waals surface area (Å²) in [6.07, 6.45) is 4.85. The molecule has 3 amide bonds. The van der Waals surface area contributed by atoms with E-state index < -0.39 is 17.5 Å². The van der Waals surface area contributed by atoms with E-state index in [-0.39, 0.29) is 42.1 Å². The fourth-order valence-electron chi connectivity index (χ4n) is 6.14. The number of aromatic nitrogens is 2. The van der Waals surface area contributed by atoms with Gasteiger partial charge in [-0.1, -0.05) is 70.5 Å². The second-order valence-electron chi connectivity index (χ2n) is 14.3. The molecule has 5 rings (SSSR count). The molecule has 49 heavy (non-hydrogen) atoms. The largest absolute Gasteiger partial charge is 0.489 e. The van der Waals surface area contributed by atoms with Crippen LogP contribution in [-0.2, 0) is 16.0 Å². The number of carbonyl (C=O) groups excluding carboxylic acids is 3. The van der Waals surface area contributed by atoms with E-state index in [9.17, 15) is 18.8 Å². The normalized spacial score (nSPS) is 17.5. The van der Waals surface area contributed by atoms with E-state index >= 15 is 0 Å². The molecule has 1 aliphatic heterocycles. The van der Waals surface area contributed by atoms with Crippen molar-refractivity contribution >= 4 is 23.4 Å². The molecule has 0 bridgehead atoms. The van der Waals surface area contributed by atoms with Crippen molar-refractivity contribution in [1.29, 1.82) is 0 Å². The topological polar surface area (TPSA) is 96.2 Å². The van der Waals surface area contributed by atoms with Gasteiger partial charge in [-0.25, -0.2) is 9.37 Å². The van der Waals surface area contributed by atoms with Crippen LogP contribution < -0.4 is 10.1 Å². The molecule has 10 heteroatoms. The van der Waals surface area contributed by atoms with Crippen molar-refractivity contribution in [3.63, 3.8) is 0 Å². The predicted octanol–water partition coefficient (Wildman–Crippen LogP) is 6.09. The molecular weight excluding hydrogens is 621 g/mol. The molecule has 1 saturated heterocycles. The highest BCUT2D eigenvalue weighted by Gasteiger charge is 2.44. The van der Waals surface area contributed by atoms with Crippen LogP contribution in [0.4, 0.5) is 4.39 Å². The van der Waals surface area contributed by atoms with Gasteiger partial charge in [0, 0.05) is 37.8 Å². The number of imidazole rings is 1. The molecule has 4 atom stereocenters. The number of likely N-dealkylation sites (tertiary alicyclic amines) is 1. The number of hydrogen-bond acceptors (Lipinski definition) is 5. The number of halogens is 1. The second-order valence-corrected chi connectivity index (χ2v) is 14.3. The average molecular weight is 670 g/mol. The van der Waals surface area contributed by atoms with Crippen molar-refractivity contribution in [2.75, 3.05) is 19.6 Å². The highest BCUT2D eigenvalue weighted by Crippen LogP contribution is 2.29. The van der Waals surface area contributed by atoms with Crippen molar-refractivity contribution in [3.8, 4) is 5.75 Å². The van der Waals surface area contributed by atoms with Gasteiger partial charge in [-0.05, 0) is 67.1 Å². The number of nitrogens with one attached hydrogen (secondary N) is 1. The Morgan fingerprint density at radius 1 is 1.06 bits per heavy atom. The van der Waals surface area contributed by atoms with E-state index in [2.05, 4.69) is 10.3 Å². The quantitative estimate of drug-likeness (QED) is 0.197. The third kappa shape index (κ3) is 8.85. The lowest BCUT2D eigenvalue weighted by molar-refractivity contribution is -0.141. The summed E-state index contributed by atoms with van der Waals surface area (Å²) in [5.74, 6) is -0.497. The minimum Gasteiger partial charge on any atom is -0.489 e. The van der Waals surface area contributed by atoms with Crippen LogP contribution >= 0.6 is 0 Å². The number of fused-ring (bicyclic) bond motifs is 1. The van der Waals surface area contributed by atoms with E-state index in [1.54, 1.807) is 32.5 Å². The first-order valence-corrected chi connectivity index (χ1v) is 17.1. The molecule has 0 spiro atoms. The molecule has 1 aliphatic rings. The molecule has 2 aromatic carbocycles. The van der Waals surface area contributed by atoms with Gasteiger partial charge in [0.2, 0.25) is 11.8 Å². The van der Waals surface area contributed by atoms with Crippen LogP contribution in [0.5, 0.6) is 5.75 Å². The van der Waals surface area contributed by atoms with Crippen LogP contribution in [0.15, 0.2) is 79.1 Å². The zero-order valence-corrected chi connectivity index (χ0v) is 29.4. The Kier molecular flexibility index (Phi) is 11.1. The Balaban J connectivity index is 1.46. The molecule has 0 aliphatic carbocycles. The molecule has 0 saturated carbocycles. The smallest absolute Gasteiger partial charge is 0.274 e. The Hall–Kier alpha value is -4.73. The first kappa shape index (κ1) is 35.6. The zero-order valence-electron chi connectivity index (χ0n) is 29.4. The van der Waals surface area contributed by atoms with E-state index in [0.29, 0.717) is 49.4 Å². The van der Waals surface area contributed by atoms with Gasteiger partial charge in [0.05, 0.1) is 12.6 Å². The van der Waals surface area contributed by atoms with Crippen LogP contribution in [-0.4, -0.2) is 74.7 Å². The van der Waals surface area contributed by atoms with Gasteiger partial charge in [-0.3, -0.25) is 14.4 Å². The molecule has 2 aromatic heterocycles. The zero-order chi connectivity index (χ0) is 35.3. The van der Waals surface area contributed by atoms with E-state index in [1.165, 1.54) is 12.1 Å². The minimum absolute atomic E-state index is 0.165. The summed E-state index contributed by atoms with van der Waals surface area (Å²) in [7, 11) is 0. The summed E-state index contributed by atoms with van der Waals surface area (Å²) in [4.78, 5) is 50.0. The molecule has 0 radical (unpaired) electrons. The average Bonchev–Trinajstić information content (AvgIpc) is 3.69. The van der Waals surface area contributed by atoms with Gasteiger partial charge in [0.1, 0.15) is 35.1 Å². The summed E-state index contributed by atoms with van der Waals surface area (Å²) >= 11 is 0. The monoisotopic (exact) mass is 669 g/mol. The van der Waals surface area contributed by atoms with Gasteiger partial charge in [0.25, 0.3) is 5.91 Å². The van der Waals surface area contributed by atoms with Crippen LogP contribution in [0.3, 0.4) is 0 Å². The lowest BCUT2D eigenvalue weighted by Gasteiger charge is -2.37. The van der Waals surface area contributed by atoms with Gasteiger partial charge in [0.15, 0.2) is 0 Å². The number of hydrogen-bond donors (Lipinski definition) is 1. The summed E-state index contributed by atoms with van der Waals surface area (Å²) in [5.41, 5.74) is 2.37. The van der Waals surface area contributed by atoms with Crippen molar-refractivity contribution in [2.45, 2.75) is 79.0 Å². The van der Waals surface area contributed by atoms with Gasteiger partial charge < -0.3 is 24.3 Å². The number of benzene rings is 2. The Morgan fingerprint density at radius 3 is 2.43 bits per heavy atom. The van der Waals surface area contributed by atoms with E-state index in [4.69, 9.17) is 4.74 Å². The maximum atomic E-state index is 14.5. The molecule has 1 N–H and O–H groups in total. The predicted molar refractivity (Wildman–Crippen MR) is 188 cm³/mol. The summed E-state index contributed by atoms with van der Waals surface area (Å²) < 4.78 is 21.9. The first-order chi connectivity index (χ1) is 23.3. The number of carbonyl (C=O) groups is 3. The number of rotatable bonds is 12. The number of nitrogens with zero attached hydrogens (tertiary/aromatic N) is 4. The highest BCUT2D eigenvalue weighted by molar-refractivity contribution is 5.93. The van der Waals surface area contributed by atoms with E-state index in [1.807, 2.05) is 90.2 Å². The van der Waals surface area contributed by atoms with Crippen molar-refractivity contribution < 1.29 is 23.5 Å². The Morgan fingerprint density at radius 2 is 1.78 bits per heavy atom. The SMILES string of the molecule is CC[C@@H](C)C(=O)N[C@H](C(=O)N1C[C@@H](Oc2ccc(C)cc2)C[C@H]1CN(CCc1ccc(F)cc1)C(=O)c1cn2ccccc2n1)C(C)(C)C. The van der Waals surface area contributed by atoms with Crippen molar-refractivity contribution in [1.82, 2.24) is 24.5 Å². The van der Waals surface area contributed by atoms with Crippen LogP contribution in [0, 0.1) is 24.1 Å². The third-order valence-corrected chi connectivity index (χ3v) is 9.33. The van der Waals surface area contributed by atoms with Gasteiger partial charge in [-0.15, -0.1) is 0 Å². The molecule has 260 valence electrons. The maximum absolute atomic E-state index is 14.5. The van der Waals surface area contributed by atoms with Gasteiger partial charge in [-0.2, -0.15) is 0 Å². The lowest BCUT2D eigenvalue weighted by Crippen LogP contribution is -2.58. The lowest BCUT2D eigenvalue weighted by atomic mass is 9.85. The standard InChI is InChI=1S/C39H48FN5O4/c1-7-27(3)36(46)42-35(39(4,5)6)38(48)45-24-32(49-31-17-11-26(2)12-18-31)22-30(45)23-44(21-19-28-13-15-29(40)16-14-28)37(47)33-25-43-20-9-8-10-34(43)41-33/h8-18,20,25,27,30,32,35H,7,19,21-24H2,1-6H3,(H,42,46)/t27-,30+,32+,35-/m1/s1. The summed E-state index contributed by atoms with van der Waals surface area (Å²) in [6.45, 7) is 12.5. The Labute approximate surface area is 288 Å². The Bertz CT molecular complexity index is 1710. The van der Waals surface area contributed by atoms with Crippen LogP contribution in [0.25, 0.3) is 5.65 Å². The third-order valence-electron chi connectivity index (χ3n) is 9.33. The molecule has 9 nitrogen and oxygen atoms in total. The number of amides is 3. The molecule has 1 fully saturated rings. The molecule has 4 aromatic rings. The summed E-state index contributed by atoms with van der Waals surface area (Å²) in [6, 6.07) is 18.4. The van der Waals surface area contributed by atoms with Crippen molar-refractivity contribution in [2.24, 2.45) is 11.3 Å². The molecule has 0 unspecified atom stereocenters. The van der Waals surface area contributed by atoms with Gasteiger partial charge >= 0.3 is 0 Å². The number of pyridine rings is 1. The fraction of sp³-hybridized carbons (Fsp3) is 0.436. The minimum atomic E-state index is -0.781. The highest BCUT2D eigenvalue weighted by atomic mass is 19.1. The fourth-order valence-corrected chi connectivity index (χ4v) is 6.14. The van der Waals surface area contributed by atoms with Crippen LogP contribution in [0.1, 0.15) is 69.1 Å². The summed E-state index contributed by atoms with van der Waals surface area (Å²) in [5, 5.41) is 3.05. The van der Waals surface area contributed by atoms with E-state index in [0.717, 1.165) is 11.1 Å². The molecular formula is C39H48FN5O4. The second kappa shape index (κ2) is 15.2. The number of aryl methyl sites for hydroxylation is 1. The first-order valence-electron chi connectivity index (χ1n) is 17.1. The number of ether oxygens (including phenoxy) is 1. The van der Waals surface area contributed by atoms with Crippen LogP contribution in [0.2, 0.25) is 0 Å². The maximum Gasteiger partial charge on any atom is 0.274 e. The van der Waals surface area contributed by atoms with Crippen molar-refractivity contribution in [3.05, 3.63) is 102 Å².